The van der Waals surface area contributed by atoms with Gasteiger partial charge in [0, 0.05) is 0 Å². The zero-order valence-electron chi connectivity index (χ0n) is 8.15. The molecule has 0 aromatic carbocycles. The highest BCUT2D eigenvalue weighted by Gasteiger charge is 2.65. The predicted octanol–water partition coefficient (Wildman–Crippen LogP) is 0.493. The lowest BCUT2D eigenvalue weighted by molar-refractivity contribution is -0.160. The Balaban J connectivity index is 2.25. The first kappa shape index (κ1) is 12.5. The fraction of sp³-hybridized carbons (Fsp3) is 0.667. The molecular formula is C6H7F3N4O2S2. The lowest BCUT2D eigenvalue weighted by Crippen LogP contribution is -2.47. The summed E-state index contributed by atoms with van der Waals surface area (Å²) in [5, 5.41) is 6.33. The van der Waals surface area contributed by atoms with E-state index in [9.17, 15) is 21.6 Å². The Labute approximate surface area is 98.1 Å². The van der Waals surface area contributed by atoms with Gasteiger partial charge in [-0.2, -0.15) is 17.9 Å². The van der Waals surface area contributed by atoms with Crippen LogP contribution < -0.4 is 10.5 Å². The van der Waals surface area contributed by atoms with E-state index in [0.29, 0.717) is 11.3 Å². The molecule has 3 N–H and O–H groups in total. The van der Waals surface area contributed by atoms with Gasteiger partial charge in [0.15, 0.2) is 0 Å². The van der Waals surface area contributed by atoms with Crippen molar-refractivity contribution in [3.05, 3.63) is 0 Å². The highest BCUT2D eigenvalue weighted by molar-refractivity contribution is 7.91. The van der Waals surface area contributed by atoms with E-state index < -0.39 is 26.1 Å². The van der Waals surface area contributed by atoms with Crippen LogP contribution in [-0.2, 0) is 10.0 Å². The molecule has 1 aromatic heterocycles. The normalized spacial score (nSPS) is 19.2. The number of nitrogen functional groups attached to an aromatic ring is 1. The number of sulfonamides is 1. The molecule has 6 nitrogen and oxygen atoms in total. The molecule has 0 amide bonds. The third-order valence-corrected chi connectivity index (χ3v) is 4.93. The topological polar surface area (TPSA) is 98.0 Å². The largest absolute Gasteiger partial charge is 0.407 e. The Hall–Kier alpha value is -0.940. The van der Waals surface area contributed by atoms with E-state index in [4.69, 9.17) is 5.73 Å². The Bertz CT molecular complexity index is 534. The number of alkyl halides is 3. The number of nitrogens with one attached hydrogen (secondary N) is 1. The van der Waals surface area contributed by atoms with Crippen molar-refractivity contribution in [1.82, 2.24) is 14.9 Å². The number of aromatic nitrogens is 2. The molecule has 0 saturated heterocycles. The van der Waals surface area contributed by atoms with Crippen molar-refractivity contribution in [2.75, 3.05) is 5.73 Å². The van der Waals surface area contributed by atoms with Gasteiger partial charge in [-0.3, -0.25) is 0 Å². The second-order valence-electron chi connectivity index (χ2n) is 3.59. The van der Waals surface area contributed by atoms with Crippen molar-refractivity contribution < 1.29 is 21.6 Å². The predicted molar refractivity (Wildman–Crippen MR) is 52.7 cm³/mol. The molecule has 2 rings (SSSR count). The molecule has 17 heavy (non-hydrogen) atoms. The number of nitrogens with zero attached hydrogens (tertiary/aromatic N) is 2. The molecule has 0 unspecified atom stereocenters. The Morgan fingerprint density at radius 1 is 1.35 bits per heavy atom. The van der Waals surface area contributed by atoms with Crippen molar-refractivity contribution in [1.29, 1.82) is 0 Å². The third kappa shape index (κ3) is 2.21. The quantitative estimate of drug-likeness (QED) is 0.843. The van der Waals surface area contributed by atoms with Crippen molar-refractivity contribution in [2.24, 2.45) is 0 Å². The van der Waals surface area contributed by atoms with Crippen LogP contribution in [0.25, 0.3) is 0 Å². The molecule has 1 saturated carbocycles. The van der Waals surface area contributed by atoms with Gasteiger partial charge < -0.3 is 5.73 Å². The highest BCUT2D eigenvalue weighted by Crippen LogP contribution is 2.49. The molecule has 0 aliphatic heterocycles. The van der Waals surface area contributed by atoms with E-state index >= 15 is 0 Å². The van der Waals surface area contributed by atoms with Gasteiger partial charge in [-0.05, 0) is 12.8 Å². The lowest BCUT2D eigenvalue weighted by atomic mass is 10.3. The van der Waals surface area contributed by atoms with Gasteiger partial charge in [0.2, 0.25) is 9.47 Å². The zero-order valence-corrected chi connectivity index (χ0v) is 9.79. The maximum atomic E-state index is 12.6. The van der Waals surface area contributed by atoms with Gasteiger partial charge in [0.1, 0.15) is 5.54 Å². The van der Waals surface area contributed by atoms with Gasteiger partial charge in [0.05, 0.1) is 0 Å². The van der Waals surface area contributed by atoms with Crippen LogP contribution in [0.2, 0.25) is 0 Å². The summed E-state index contributed by atoms with van der Waals surface area (Å²) in [7, 11) is -4.32. The molecule has 1 aromatic rings. The monoisotopic (exact) mass is 288 g/mol. The third-order valence-electron chi connectivity index (χ3n) is 2.27. The highest BCUT2D eigenvalue weighted by atomic mass is 32.2. The minimum Gasteiger partial charge on any atom is -0.374 e. The van der Waals surface area contributed by atoms with Gasteiger partial charge in [0.25, 0.3) is 10.0 Å². The first-order chi connectivity index (χ1) is 7.66. The van der Waals surface area contributed by atoms with Crippen LogP contribution in [0.1, 0.15) is 12.8 Å². The molecule has 0 bridgehead atoms. The second kappa shape index (κ2) is 3.53. The number of anilines is 1. The summed E-state index contributed by atoms with van der Waals surface area (Å²) in [6.45, 7) is 0. The first-order valence-electron chi connectivity index (χ1n) is 4.36. The van der Waals surface area contributed by atoms with Gasteiger partial charge in [-0.1, -0.05) is 11.3 Å². The van der Waals surface area contributed by atoms with E-state index in [-0.39, 0.29) is 18.0 Å². The lowest BCUT2D eigenvalue weighted by Gasteiger charge is -2.19. The molecule has 0 atom stereocenters. The van der Waals surface area contributed by atoms with Crippen LogP contribution in [0.5, 0.6) is 0 Å². The Kier molecular flexibility index (Phi) is 2.60. The number of halogens is 3. The van der Waals surface area contributed by atoms with Gasteiger partial charge >= 0.3 is 6.18 Å². The van der Waals surface area contributed by atoms with Crippen LogP contribution in [0.3, 0.4) is 0 Å². The molecular weight excluding hydrogens is 281 g/mol. The van der Waals surface area contributed by atoms with Crippen LogP contribution in [0.15, 0.2) is 4.34 Å². The van der Waals surface area contributed by atoms with E-state index in [1.807, 2.05) is 0 Å². The van der Waals surface area contributed by atoms with Crippen LogP contribution in [0, 0.1) is 0 Å². The minimum atomic E-state index is -4.61. The molecule has 96 valence electrons. The summed E-state index contributed by atoms with van der Waals surface area (Å²) >= 11 is 0.512. The van der Waals surface area contributed by atoms with E-state index in [0.717, 1.165) is 0 Å². The summed E-state index contributed by atoms with van der Waals surface area (Å²) in [6.07, 6.45) is -5.16. The fourth-order valence-corrected chi connectivity index (χ4v) is 3.43. The summed E-state index contributed by atoms with van der Waals surface area (Å²) in [5.74, 6) is 0. The minimum absolute atomic E-state index is 0.123. The fourth-order valence-electron chi connectivity index (χ4n) is 1.20. The number of hydrogen-bond donors (Lipinski definition) is 2. The van der Waals surface area contributed by atoms with Crippen molar-refractivity contribution >= 4 is 26.5 Å². The van der Waals surface area contributed by atoms with Crippen LogP contribution >= 0.6 is 11.3 Å². The molecule has 1 aliphatic rings. The summed E-state index contributed by atoms with van der Waals surface area (Å²) in [6, 6.07) is 0. The Morgan fingerprint density at radius 2 is 1.94 bits per heavy atom. The second-order valence-corrected chi connectivity index (χ2v) is 6.46. The maximum Gasteiger partial charge on any atom is 0.407 e. The number of nitrogens with two attached hydrogens (primary N) is 1. The van der Waals surface area contributed by atoms with Crippen molar-refractivity contribution in [2.45, 2.75) is 28.9 Å². The smallest absolute Gasteiger partial charge is 0.374 e. The standard InChI is InChI=1S/C6H7F3N4O2S2/c7-6(8,9)5(1-2-5)13-17(14,15)4-12-11-3(10)16-4/h13H,1-2H2,(H2,10,11). The Morgan fingerprint density at radius 3 is 2.29 bits per heavy atom. The summed E-state index contributed by atoms with van der Waals surface area (Å²) in [5.41, 5.74) is 2.82. The van der Waals surface area contributed by atoms with Crippen molar-refractivity contribution in [3.63, 3.8) is 0 Å². The van der Waals surface area contributed by atoms with E-state index in [1.54, 1.807) is 4.72 Å². The van der Waals surface area contributed by atoms with Crippen LogP contribution in [0.4, 0.5) is 18.3 Å². The molecule has 0 spiro atoms. The zero-order chi connectivity index (χ0) is 12.9. The summed E-state index contributed by atoms with van der Waals surface area (Å²) < 4.78 is 61.9. The summed E-state index contributed by atoms with van der Waals surface area (Å²) in [4.78, 5) is 0. The van der Waals surface area contributed by atoms with E-state index in [1.165, 1.54) is 0 Å². The SMILES string of the molecule is Nc1nnc(S(=O)(=O)NC2(C(F)(F)F)CC2)s1. The molecule has 1 fully saturated rings. The van der Waals surface area contributed by atoms with Gasteiger partial charge in [-0.25, -0.2) is 8.42 Å². The molecule has 1 aliphatic carbocycles. The molecule has 11 heteroatoms. The van der Waals surface area contributed by atoms with Crippen molar-refractivity contribution in [3.8, 4) is 0 Å². The average Bonchev–Trinajstić information content (AvgIpc) is 2.79. The first-order valence-corrected chi connectivity index (χ1v) is 6.66. The maximum absolute atomic E-state index is 12.6. The number of rotatable bonds is 3. The van der Waals surface area contributed by atoms with E-state index in [2.05, 4.69) is 10.2 Å². The average molecular weight is 288 g/mol. The van der Waals surface area contributed by atoms with Crippen LogP contribution in [-0.4, -0.2) is 30.3 Å². The molecule has 0 radical (unpaired) electrons. The van der Waals surface area contributed by atoms with Gasteiger partial charge in [-0.15, -0.1) is 10.2 Å². The molecule has 1 heterocycles. The number of hydrogen-bond acceptors (Lipinski definition) is 6.